The summed E-state index contributed by atoms with van der Waals surface area (Å²) in [5, 5.41) is 21.0. The van der Waals surface area contributed by atoms with Crippen LogP contribution in [-0.2, 0) is 25.7 Å². The molecule has 4 atom stereocenters. The van der Waals surface area contributed by atoms with E-state index in [1.165, 1.54) is 19.3 Å². The number of nitrogens with zero attached hydrogens (tertiary/aromatic N) is 1. The van der Waals surface area contributed by atoms with Crippen molar-refractivity contribution < 1.29 is 29.3 Å². The Kier molecular flexibility index (Phi) is 9.09. The van der Waals surface area contributed by atoms with Crippen LogP contribution in [0.3, 0.4) is 0 Å². The number of carboxylic acids is 1. The van der Waals surface area contributed by atoms with Crippen molar-refractivity contribution >= 4 is 17.6 Å². The molecule has 2 aliphatic rings. The van der Waals surface area contributed by atoms with Crippen LogP contribution in [0.15, 0.2) is 48.5 Å². The van der Waals surface area contributed by atoms with E-state index < -0.39 is 12.3 Å². The van der Waals surface area contributed by atoms with E-state index in [2.05, 4.69) is 17.1 Å². The van der Waals surface area contributed by atoms with Gasteiger partial charge < -0.3 is 29.9 Å². The van der Waals surface area contributed by atoms with Gasteiger partial charge in [0.05, 0.1) is 25.2 Å². The van der Waals surface area contributed by atoms with Crippen LogP contribution < -0.4 is 5.32 Å². The van der Waals surface area contributed by atoms with Crippen LogP contribution in [-0.4, -0.2) is 52.7 Å². The molecule has 2 aromatic rings. The predicted octanol–water partition coefficient (Wildman–Crippen LogP) is 4.26. The summed E-state index contributed by atoms with van der Waals surface area (Å²) in [6.45, 7) is 5.14. The molecular formula is C28H36N2O6. The number of benzene rings is 2. The zero-order valence-electron chi connectivity index (χ0n) is 20.8. The Labute approximate surface area is 212 Å². The van der Waals surface area contributed by atoms with Crippen molar-refractivity contribution in [3.05, 3.63) is 65.2 Å². The maximum absolute atomic E-state index is 12.1. The second kappa shape index (κ2) is 12.5. The lowest BCUT2D eigenvalue weighted by molar-refractivity contribution is -0.276. The number of carbonyl (C=O) groups excluding carboxylic acids is 1. The van der Waals surface area contributed by atoms with Crippen molar-refractivity contribution in [2.24, 2.45) is 5.92 Å². The highest BCUT2D eigenvalue weighted by atomic mass is 16.7. The molecule has 4 unspecified atom stereocenters. The largest absolute Gasteiger partial charge is 0.481 e. The number of rotatable bonds is 9. The van der Waals surface area contributed by atoms with Crippen molar-refractivity contribution in [3.8, 4) is 0 Å². The van der Waals surface area contributed by atoms with Crippen LogP contribution in [0.5, 0.6) is 0 Å². The van der Waals surface area contributed by atoms with E-state index in [0.717, 1.165) is 36.3 Å². The number of ether oxygens (including phenoxy) is 2. The maximum Gasteiger partial charge on any atom is 0.303 e. The summed E-state index contributed by atoms with van der Waals surface area (Å²) in [6, 6.07) is 15.2. The van der Waals surface area contributed by atoms with Crippen molar-refractivity contribution in [2.45, 2.75) is 64.1 Å². The number of piperidine rings is 1. The molecule has 1 amide bonds. The van der Waals surface area contributed by atoms with Crippen LogP contribution in [0.1, 0.15) is 68.1 Å². The molecule has 0 bridgehead atoms. The Balaban J connectivity index is 1.54. The van der Waals surface area contributed by atoms with Crippen LogP contribution in [0.4, 0.5) is 5.69 Å². The second-order valence-electron chi connectivity index (χ2n) is 9.75. The first-order valence-corrected chi connectivity index (χ1v) is 12.8. The van der Waals surface area contributed by atoms with Gasteiger partial charge in [0, 0.05) is 30.1 Å². The number of nitrogens with one attached hydrogen (secondary N) is 1. The molecule has 8 heteroatoms. The highest BCUT2D eigenvalue weighted by Crippen LogP contribution is 2.42. The summed E-state index contributed by atoms with van der Waals surface area (Å²) in [5.74, 6) is -1.24. The average molecular weight is 497 g/mol. The van der Waals surface area contributed by atoms with Crippen molar-refractivity contribution in [1.82, 2.24) is 4.90 Å². The number of hydrogen-bond acceptors (Lipinski definition) is 6. The average Bonchev–Trinajstić information content (AvgIpc) is 2.89. The van der Waals surface area contributed by atoms with Gasteiger partial charge in [0.15, 0.2) is 6.29 Å². The molecule has 0 spiro atoms. The van der Waals surface area contributed by atoms with E-state index in [0.29, 0.717) is 5.69 Å². The summed E-state index contributed by atoms with van der Waals surface area (Å²) in [6.07, 6.45) is 2.53. The Morgan fingerprint density at radius 2 is 1.75 bits per heavy atom. The number of likely N-dealkylation sites (tertiary alicyclic amines) is 1. The lowest BCUT2D eigenvalue weighted by atomic mass is 9.89. The number of aliphatic hydroxyl groups is 1. The smallest absolute Gasteiger partial charge is 0.303 e. The van der Waals surface area contributed by atoms with Gasteiger partial charge in [-0.1, -0.05) is 49.7 Å². The Morgan fingerprint density at radius 3 is 2.44 bits per heavy atom. The van der Waals surface area contributed by atoms with Crippen molar-refractivity contribution in [1.29, 1.82) is 0 Å². The molecule has 4 rings (SSSR count). The molecule has 2 aliphatic heterocycles. The van der Waals surface area contributed by atoms with Gasteiger partial charge in [-0.15, -0.1) is 0 Å². The van der Waals surface area contributed by atoms with Gasteiger partial charge in [0.2, 0.25) is 5.91 Å². The topological polar surface area (TPSA) is 108 Å². The van der Waals surface area contributed by atoms with Crippen LogP contribution >= 0.6 is 0 Å². The van der Waals surface area contributed by atoms with Gasteiger partial charge in [-0.2, -0.15) is 0 Å². The van der Waals surface area contributed by atoms with Gasteiger partial charge in [-0.05, 0) is 49.2 Å². The lowest BCUT2D eigenvalue weighted by Crippen LogP contribution is -2.45. The zero-order valence-corrected chi connectivity index (χ0v) is 20.8. The number of anilines is 1. The predicted molar refractivity (Wildman–Crippen MR) is 135 cm³/mol. The molecular weight excluding hydrogens is 460 g/mol. The minimum atomic E-state index is -1.00. The third kappa shape index (κ3) is 6.91. The molecule has 0 radical (unpaired) electrons. The zero-order chi connectivity index (χ0) is 25.5. The molecule has 36 heavy (non-hydrogen) atoms. The molecule has 194 valence electrons. The molecule has 2 saturated heterocycles. The Hall–Kier alpha value is -2.78. The molecule has 8 nitrogen and oxygen atoms in total. The van der Waals surface area contributed by atoms with Gasteiger partial charge in [-0.3, -0.25) is 9.59 Å². The summed E-state index contributed by atoms with van der Waals surface area (Å²) >= 11 is 0. The first-order chi connectivity index (χ1) is 17.4. The molecule has 0 aliphatic carbocycles. The standard InChI is InChI=1S/C28H36N2O6/c1-19-24(17-30-14-3-2-4-15-30)35-28(36-27(19)21-10-8-20(18-31)9-11-21)22-6-5-7-23(16-22)29-25(32)12-13-26(33)34/h5-11,16,19,24,27-28,31H,2-4,12-15,17-18H2,1H3,(H,29,32)(H,33,34). The molecule has 3 N–H and O–H groups in total. The Morgan fingerprint density at radius 1 is 1.00 bits per heavy atom. The van der Waals surface area contributed by atoms with E-state index in [1.54, 1.807) is 6.07 Å². The minimum absolute atomic E-state index is 0.00431. The number of hydrogen-bond donors (Lipinski definition) is 3. The van der Waals surface area contributed by atoms with E-state index >= 15 is 0 Å². The lowest BCUT2D eigenvalue weighted by Gasteiger charge is -2.43. The van der Waals surface area contributed by atoms with Gasteiger partial charge in [0.1, 0.15) is 0 Å². The fourth-order valence-electron chi connectivity index (χ4n) is 4.93. The maximum atomic E-state index is 12.1. The second-order valence-corrected chi connectivity index (χ2v) is 9.75. The van der Waals surface area contributed by atoms with Gasteiger partial charge in [-0.25, -0.2) is 0 Å². The monoisotopic (exact) mass is 496 g/mol. The molecule has 0 aromatic heterocycles. The number of carboxylic acid groups (broad SMARTS) is 1. The number of carbonyl (C=O) groups is 2. The number of aliphatic hydroxyl groups excluding tert-OH is 1. The minimum Gasteiger partial charge on any atom is -0.481 e. The van der Waals surface area contributed by atoms with Crippen LogP contribution in [0, 0.1) is 5.92 Å². The Bertz CT molecular complexity index is 1020. The molecule has 2 fully saturated rings. The van der Waals surface area contributed by atoms with E-state index in [4.69, 9.17) is 14.6 Å². The van der Waals surface area contributed by atoms with Crippen LogP contribution in [0.25, 0.3) is 0 Å². The first-order valence-electron chi connectivity index (χ1n) is 12.8. The quantitative estimate of drug-likeness (QED) is 0.476. The third-order valence-corrected chi connectivity index (χ3v) is 7.02. The van der Waals surface area contributed by atoms with E-state index in [1.807, 2.05) is 42.5 Å². The summed E-state index contributed by atoms with van der Waals surface area (Å²) in [5.41, 5.74) is 3.25. The highest BCUT2D eigenvalue weighted by Gasteiger charge is 2.39. The summed E-state index contributed by atoms with van der Waals surface area (Å²) in [7, 11) is 0. The SMILES string of the molecule is CC1C(CN2CCCCC2)OC(c2cccc(NC(=O)CCC(=O)O)c2)OC1c1ccc(CO)cc1. The fourth-order valence-corrected chi connectivity index (χ4v) is 4.93. The third-order valence-electron chi connectivity index (χ3n) is 7.02. The number of aliphatic carboxylic acids is 1. The number of amides is 1. The fraction of sp³-hybridized carbons (Fsp3) is 0.500. The molecule has 0 saturated carbocycles. The molecule has 2 heterocycles. The first kappa shape index (κ1) is 26.3. The van der Waals surface area contributed by atoms with Crippen molar-refractivity contribution in [2.75, 3.05) is 25.0 Å². The van der Waals surface area contributed by atoms with Crippen molar-refractivity contribution in [3.63, 3.8) is 0 Å². The summed E-state index contributed by atoms with van der Waals surface area (Å²) < 4.78 is 13.0. The van der Waals surface area contributed by atoms with E-state index in [-0.39, 0.29) is 43.5 Å². The normalized spacial score (nSPS) is 24.8. The van der Waals surface area contributed by atoms with Gasteiger partial charge in [0.25, 0.3) is 0 Å². The van der Waals surface area contributed by atoms with Gasteiger partial charge >= 0.3 is 5.97 Å². The van der Waals surface area contributed by atoms with Crippen LogP contribution in [0.2, 0.25) is 0 Å². The highest BCUT2D eigenvalue weighted by molar-refractivity contribution is 5.92. The molecule has 2 aromatic carbocycles. The summed E-state index contributed by atoms with van der Waals surface area (Å²) in [4.78, 5) is 25.4. The van der Waals surface area contributed by atoms with E-state index in [9.17, 15) is 14.7 Å².